The molecule has 0 unspecified atom stereocenters. The molecule has 2 aliphatic heterocycles. The van der Waals surface area contributed by atoms with E-state index in [-0.39, 0.29) is 6.04 Å². The lowest BCUT2D eigenvalue weighted by Gasteiger charge is -2.41. The Morgan fingerprint density at radius 3 is 2.48 bits per heavy atom. The largest absolute Gasteiger partial charge is 0.356 e. The summed E-state index contributed by atoms with van der Waals surface area (Å²) in [6, 6.07) is 12.9. The predicted octanol–water partition coefficient (Wildman–Crippen LogP) is 4.25. The molecule has 0 radical (unpaired) electrons. The Morgan fingerprint density at radius 1 is 1.07 bits per heavy atom. The summed E-state index contributed by atoms with van der Waals surface area (Å²) >= 11 is 9.38. The van der Waals surface area contributed by atoms with Gasteiger partial charge in [0.2, 0.25) is 10.0 Å². The average Bonchev–Trinajstić information content (AvgIpc) is 2.68. The first-order chi connectivity index (χ1) is 12.9. The van der Waals surface area contributed by atoms with Crippen molar-refractivity contribution < 1.29 is 13.2 Å². The van der Waals surface area contributed by atoms with Crippen LogP contribution in [0.1, 0.15) is 18.4 Å². The van der Waals surface area contributed by atoms with Crippen molar-refractivity contribution >= 4 is 43.2 Å². The van der Waals surface area contributed by atoms with Crippen LogP contribution in [0.15, 0.2) is 51.8 Å². The molecule has 144 valence electrons. The first-order valence-electron chi connectivity index (χ1n) is 8.84. The van der Waals surface area contributed by atoms with Crippen LogP contribution in [0.25, 0.3) is 0 Å². The van der Waals surface area contributed by atoms with Gasteiger partial charge in [0.05, 0.1) is 11.5 Å². The van der Waals surface area contributed by atoms with Gasteiger partial charge in [-0.25, -0.2) is 8.42 Å². The zero-order valence-corrected chi connectivity index (χ0v) is 17.8. The molecule has 2 aromatic rings. The van der Waals surface area contributed by atoms with E-state index < -0.39 is 10.0 Å². The zero-order valence-electron chi connectivity index (χ0n) is 14.6. The van der Waals surface area contributed by atoms with Crippen molar-refractivity contribution in [1.29, 1.82) is 0 Å². The quantitative estimate of drug-likeness (QED) is 0.671. The molecule has 1 fully saturated rings. The van der Waals surface area contributed by atoms with Gasteiger partial charge in [-0.1, -0.05) is 27.5 Å². The molecule has 5 nitrogen and oxygen atoms in total. The van der Waals surface area contributed by atoms with Crippen molar-refractivity contribution in [3.05, 3.63) is 57.5 Å². The third kappa shape index (κ3) is 3.89. The van der Waals surface area contributed by atoms with Gasteiger partial charge in [0.1, 0.15) is 6.73 Å². The van der Waals surface area contributed by atoms with Crippen LogP contribution in [-0.4, -0.2) is 38.6 Å². The van der Waals surface area contributed by atoms with Crippen LogP contribution in [0.3, 0.4) is 0 Å². The van der Waals surface area contributed by atoms with E-state index in [0.29, 0.717) is 36.3 Å². The first kappa shape index (κ1) is 19.2. The Bertz CT molecular complexity index is 928. The van der Waals surface area contributed by atoms with Crippen LogP contribution in [0.5, 0.6) is 0 Å². The monoisotopic (exact) mass is 470 g/mol. The molecule has 0 aliphatic carbocycles. The molecule has 2 aromatic carbocycles. The molecule has 27 heavy (non-hydrogen) atoms. The summed E-state index contributed by atoms with van der Waals surface area (Å²) in [4.78, 5) is 2.55. The molecule has 0 N–H and O–H groups in total. The second-order valence-corrected chi connectivity index (χ2v) is 10.1. The summed E-state index contributed by atoms with van der Waals surface area (Å²) in [5.41, 5.74) is 2.34. The third-order valence-electron chi connectivity index (χ3n) is 5.15. The van der Waals surface area contributed by atoms with E-state index in [2.05, 4.69) is 33.0 Å². The lowest BCUT2D eigenvalue weighted by atomic mass is 10.0. The van der Waals surface area contributed by atoms with Crippen LogP contribution in [0.4, 0.5) is 5.69 Å². The Kier molecular flexibility index (Phi) is 5.49. The van der Waals surface area contributed by atoms with Crippen LogP contribution >= 0.6 is 27.5 Å². The SMILES string of the molecule is O=S(=O)(c1ccc(Cl)cc1)N1CCC(N2COCc3cc(Br)ccc32)CC1. The van der Waals surface area contributed by atoms with E-state index in [1.165, 1.54) is 5.69 Å². The van der Waals surface area contributed by atoms with Crippen LogP contribution in [-0.2, 0) is 21.4 Å². The molecule has 0 amide bonds. The van der Waals surface area contributed by atoms with Crippen molar-refractivity contribution in [2.45, 2.75) is 30.4 Å². The van der Waals surface area contributed by atoms with Crippen molar-refractivity contribution in [3.8, 4) is 0 Å². The van der Waals surface area contributed by atoms with E-state index in [1.54, 1.807) is 28.6 Å². The number of ether oxygens (including phenoxy) is 1. The molecule has 0 bridgehead atoms. The third-order valence-corrected chi connectivity index (χ3v) is 7.81. The zero-order chi connectivity index (χ0) is 19.0. The van der Waals surface area contributed by atoms with E-state index >= 15 is 0 Å². The maximum absolute atomic E-state index is 12.9. The van der Waals surface area contributed by atoms with Gasteiger partial charge in [-0.15, -0.1) is 0 Å². The summed E-state index contributed by atoms with van der Waals surface area (Å²) in [6.07, 6.45) is 1.54. The molecule has 0 atom stereocenters. The summed E-state index contributed by atoms with van der Waals surface area (Å²) in [6.45, 7) is 2.15. The molecular weight excluding hydrogens is 452 g/mol. The first-order valence-corrected chi connectivity index (χ1v) is 11.4. The van der Waals surface area contributed by atoms with Crippen molar-refractivity contribution in [3.63, 3.8) is 0 Å². The standard InChI is InChI=1S/C19H20BrClN2O3S/c20-15-1-6-19-14(11-15)12-26-13-23(19)17-7-9-22(10-8-17)27(24,25)18-4-2-16(21)3-5-18/h1-6,11,17H,7-10,12-13H2. The fourth-order valence-electron chi connectivity index (χ4n) is 3.73. The number of piperidine rings is 1. The van der Waals surface area contributed by atoms with Crippen molar-refractivity contribution in [2.24, 2.45) is 0 Å². The molecule has 0 spiro atoms. The summed E-state index contributed by atoms with van der Waals surface area (Å²) in [7, 11) is -3.48. The average molecular weight is 472 g/mol. The highest BCUT2D eigenvalue weighted by atomic mass is 79.9. The maximum Gasteiger partial charge on any atom is 0.243 e. The Morgan fingerprint density at radius 2 is 1.78 bits per heavy atom. The minimum atomic E-state index is -3.48. The van der Waals surface area contributed by atoms with Gasteiger partial charge in [0, 0.05) is 39.9 Å². The molecule has 2 aliphatic rings. The molecule has 8 heteroatoms. The highest BCUT2D eigenvalue weighted by Gasteiger charge is 2.33. The number of rotatable bonds is 3. The van der Waals surface area contributed by atoms with E-state index in [9.17, 15) is 8.42 Å². The van der Waals surface area contributed by atoms with Gasteiger partial charge in [-0.3, -0.25) is 0 Å². The molecule has 0 saturated carbocycles. The Hall–Kier alpha value is -1.12. The summed E-state index contributed by atoms with van der Waals surface area (Å²) in [5, 5.41) is 0.531. The highest BCUT2D eigenvalue weighted by Crippen LogP contribution is 2.33. The Labute approximate surface area is 173 Å². The predicted molar refractivity (Wildman–Crippen MR) is 110 cm³/mol. The number of halogens is 2. The molecular formula is C19H20BrClN2O3S. The minimum Gasteiger partial charge on any atom is -0.356 e. The van der Waals surface area contributed by atoms with Gasteiger partial charge in [-0.2, -0.15) is 4.31 Å². The number of fused-ring (bicyclic) bond motifs is 1. The smallest absolute Gasteiger partial charge is 0.243 e. The molecule has 1 saturated heterocycles. The summed E-state index contributed by atoms with van der Waals surface area (Å²) < 4.78 is 34.1. The number of hydrogen-bond donors (Lipinski definition) is 0. The topological polar surface area (TPSA) is 49.9 Å². The van der Waals surface area contributed by atoms with Crippen LogP contribution in [0, 0.1) is 0 Å². The summed E-state index contributed by atoms with van der Waals surface area (Å²) in [5.74, 6) is 0. The molecule has 0 aromatic heterocycles. The van der Waals surface area contributed by atoms with E-state index in [4.69, 9.17) is 16.3 Å². The van der Waals surface area contributed by atoms with E-state index in [1.807, 2.05) is 6.07 Å². The highest BCUT2D eigenvalue weighted by molar-refractivity contribution is 9.10. The number of benzene rings is 2. The van der Waals surface area contributed by atoms with Gasteiger partial charge >= 0.3 is 0 Å². The second-order valence-electron chi connectivity index (χ2n) is 6.81. The number of anilines is 1. The normalized spacial score (nSPS) is 19.1. The minimum absolute atomic E-state index is 0.266. The number of hydrogen-bond acceptors (Lipinski definition) is 4. The van der Waals surface area contributed by atoms with Gasteiger partial charge < -0.3 is 9.64 Å². The second kappa shape index (κ2) is 7.72. The van der Waals surface area contributed by atoms with Crippen LogP contribution in [0.2, 0.25) is 5.02 Å². The molecule has 4 rings (SSSR count). The fraction of sp³-hybridized carbons (Fsp3) is 0.368. The number of nitrogens with zero attached hydrogens (tertiary/aromatic N) is 2. The van der Waals surface area contributed by atoms with E-state index in [0.717, 1.165) is 22.9 Å². The fourth-order valence-corrected chi connectivity index (χ4v) is 5.73. The Balaban J connectivity index is 1.48. The lowest BCUT2D eigenvalue weighted by molar-refractivity contribution is 0.0987. The van der Waals surface area contributed by atoms with Crippen molar-refractivity contribution in [1.82, 2.24) is 4.31 Å². The van der Waals surface area contributed by atoms with Gasteiger partial charge in [0.15, 0.2) is 0 Å². The van der Waals surface area contributed by atoms with Crippen molar-refractivity contribution in [2.75, 3.05) is 24.7 Å². The maximum atomic E-state index is 12.9. The van der Waals surface area contributed by atoms with Gasteiger partial charge in [-0.05, 0) is 55.3 Å². The van der Waals surface area contributed by atoms with Crippen LogP contribution < -0.4 is 4.90 Å². The lowest BCUT2D eigenvalue weighted by Crippen LogP contribution is -2.48. The molecule has 2 heterocycles. The van der Waals surface area contributed by atoms with Gasteiger partial charge in [0.25, 0.3) is 0 Å². The number of sulfonamides is 1.